The van der Waals surface area contributed by atoms with Gasteiger partial charge < -0.3 is 15.3 Å². The summed E-state index contributed by atoms with van der Waals surface area (Å²) in [5, 5.41) is 3.50. The first-order valence-electron chi connectivity index (χ1n) is 12.3. The van der Waals surface area contributed by atoms with E-state index in [1.54, 1.807) is 0 Å². The molecule has 2 fully saturated rings. The minimum atomic E-state index is 0.365. The number of nitrogens with zero attached hydrogens (tertiary/aromatic N) is 2. The van der Waals surface area contributed by atoms with Crippen LogP contribution in [0.5, 0.6) is 0 Å². The summed E-state index contributed by atoms with van der Waals surface area (Å²) in [5.74, 6) is 2.83. The molecular weight excluding hydrogens is 406 g/mol. The number of hydrogen-bond acceptors (Lipinski definition) is 3. The van der Waals surface area contributed by atoms with Crippen molar-refractivity contribution in [1.29, 1.82) is 0 Å². The van der Waals surface area contributed by atoms with Gasteiger partial charge in [-0.15, -0.1) is 0 Å². The lowest BCUT2D eigenvalue weighted by atomic mass is 10.0. The van der Waals surface area contributed by atoms with Gasteiger partial charge in [-0.3, -0.25) is 0 Å². The fourth-order valence-electron chi connectivity index (χ4n) is 5.40. The number of rotatable bonds is 5. The number of aromatic nitrogens is 4. The molecule has 168 valence electrons. The lowest BCUT2D eigenvalue weighted by Crippen LogP contribution is -2.14. The second-order valence-corrected chi connectivity index (χ2v) is 9.56. The Morgan fingerprint density at radius 3 is 2.06 bits per heavy atom. The van der Waals surface area contributed by atoms with E-state index in [4.69, 9.17) is 4.98 Å². The van der Waals surface area contributed by atoms with Gasteiger partial charge >= 0.3 is 0 Å². The summed E-state index contributed by atoms with van der Waals surface area (Å²) < 4.78 is 0. The summed E-state index contributed by atoms with van der Waals surface area (Å²) in [4.78, 5) is 16.6. The Balaban J connectivity index is 1.19. The van der Waals surface area contributed by atoms with Gasteiger partial charge in [0, 0.05) is 17.2 Å². The Morgan fingerprint density at radius 2 is 1.39 bits per heavy atom. The van der Waals surface area contributed by atoms with Crippen molar-refractivity contribution in [2.24, 2.45) is 0 Å². The van der Waals surface area contributed by atoms with E-state index in [0.29, 0.717) is 12.0 Å². The van der Waals surface area contributed by atoms with E-state index in [2.05, 4.69) is 75.7 Å². The molecule has 5 heteroatoms. The number of aryl methyl sites for hydroxylation is 1. The Kier molecular flexibility index (Phi) is 5.35. The SMILES string of the molecule is Cc1[nH]c(C2CCCC2)nc1-c1ccc(-c2ccc(-c3cnc([C@@H]4CCCN4)[nH]3)cc2)cc1. The van der Waals surface area contributed by atoms with Crippen molar-refractivity contribution in [2.75, 3.05) is 6.54 Å². The number of H-pyrrole nitrogens is 2. The van der Waals surface area contributed by atoms with E-state index < -0.39 is 0 Å². The Bertz CT molecular complexity index is 1220. The van der Waals surface area contributed by atoms with Crippen LogP contribution in [-0.4, -0.2) is 26.5 Å². The molecule has 2 aromatic heterocycles. The van der Waals surface area contributed by atoms with Crippen molar-refractivity contribution in [3.05, 3.63) is 72.1 Å². The standard InChI is InChI=1S/C28H31N5/c1-18-26(33-27(31-18)23-5-2-3-6-23)22-14-10-20(11-15-22)19-8-12-21(13-9-19)25-17-30-28(32-25)24-7-4-16-29-24/h8-15,17,23-24,29H,2-7,16H2,1H3,(H,30,32)(H,31,33)/t24-/m0/s1. The Hall–Kier alpha value is -3.18. The summed E-state index contributed by atoms with van der Waals surface area (Å²) in [6, 6.07) is 17.9. The van der Waals surface area contributed by atoms with Crippen LogP contribution in [0.25, 0.3) is 33.6 Å². The molecule has 0 radical (unpaired) electrons. The molecule has 3 heterocycles. The Labute approximate surface area is 195 Å². The van der Waals surface area contributed by atoms with Crippen molar-refractivity contribution in [2.45, 2.75) is 57.4 Å². The van der Waals surface area contributed by atoms with Crippen molar-refractivity contribution in [3.8, 4) is 33.6 Å². The normalized spacial score (nSPS) is 18.9. The predicted molar refractivity (Wildman–Crippen MR) is 133 cm³/mol. The average molecular weight is 438 g/mol. The molecule has 1 saturated carbocycles. The maximum absolute atomic E-state index is 4.97. The average Bonchev–Trinajstić information content (AvgIpc) is 3.66. The van der Waals surface area contributed by atoms with E-state index in [0.717, 1.165) is 30.2 Å². The molecule has 4 aromatic rings. The summed E-state index contributed by atoms with van der Waals surface area (Å²) in [5.41, 5.74) is 8.11. The zero-order valence-corrected chi connectivity index (χ0v) is 19.2. The van der Waals surface area contributed by atoms with Gasteiger partial charge in [-0.05, 0) is 55.8 Å². The number of hydrogen-bond donors (Lipinski definition) is 3. The number of aromatic amines is 2. The number of nitrogens with one attached hydrogen (secondary N) is 3. The third kappa shape index (κ3) is 4.02. The first kappa shape index (κ1) is 20.4. The molecule has 1 aliphatic heterocycles. The molecule has 0 bridgehead atoms. The van der Waals surface area contributed by atoms with Crippen LogP contribution in [0, 0.1) is 6.92 Å². The van der Waals surface area contributed by atoms with E-state index in [1.807, 2.05) is 6.20 Å². The highest BCUT2D eigenvalue weighted by Crippen LogP contribution is 2.35. The molecule has 1 saturated heterocycles. The topological polar surface area (TPSA) is 69.4 Å². The molecule has 0 unspecified atom stereocenters. The summed E-state index contributed by atoms with van der Waals surface area (Å²) >= 11 is 0. The molecule has 2 aromatic carbocycles. The van der Waals surface area contributed by atoms with Gasteiger partial charge in [0.25, 0.3) is 0 Å². The third-order valence-electron chi connectivity index (χ3n) is 7.32. The van der Waals surface area contributed by atoms with Crippen LogP contribution in [0.15, 0.2) is 54.7 Å². The van der Waals surface area contributed by atoms with Crippen molar-refractivity contribution < 1.29 is 0 Å². The second-order valence-electron chi connectivity index (χ2n) is 9.56. The van der Waals surface area contributed by atoms with Gasteiger partial charge in [-0.25, -0.2) is 9.97 Å². The summed E-state index contributed by atoms with van der Waals surface area (Å²) in [7, 11) is 0. The molecule has 5 nitrogen and oxygen atoms in total. The predicted octanol–water partition coefficient (Wildman–Crippen LogP) is 6.52. The first-order chi connectivity index (χ1) is 16.2. The smallest absolute Gasteiger partial charge is 0.123 e. The van der Waals surface area contributed by atoms with Gasteiger partial charge in [-0.2, -0.15) is 0 Å². The minimum Gasteiger partial charge on any atom is -0.345 e. The molecule has 33 heavy (non-hydrogen) atoms. The molecule has 6 rings (SSSR count). The maximum atomic E-state index is 4.97. The van der Waals surface area contributed by atoms with E-state index in [1.165, 1.54) is 65.9 Å². The van der Waals surface area contributed by atoms with Crippen LogP contribution < -0.4 is 5.32 Å². The zero-order chi connectivity index (χ0) is 22.2. The lowest BCUT2D eigenvalue weighted by molar-refractivity contribution is 0.613. The fraction of sp³-hybridized carbons (Fsp3) is 0.357. The van der Waals surface area contributed by atoms with Crippen molar-refractivity contribution in [3.63, 3.8) is 0 Å². The molecular formula is C28H31N5. The largest absolute Gasteiger partial charge is 0.345 e. The molecule has 1 atom stereocenters. The molecule has 0 amide bonds. The maximum Gasteiger partial charge on any atom is 0.123 e. The lowest BCUT2D eigenvalue weighted by Gasteiger charge is -2.07. The van der Waals surface area contributed by atoms with Crippen LogP contribution in [0.1, 0.15) is 67.8 Å². The third-order valence-corrected chi connectivity index (χ3v) is 7.32. The van der Waals surface area contributed by atoms with Gasteiger partial charge in [0.15, 0.2) is 0 Å². The summed E-state index contributed by atoms with van der Waals surface area (Å²) in [6.45, 7) is 3.21. The van der Waals surface area contributed by atoms with E-state index >= 15 is 0 Å². The van der Waals surface area contributed by atoms with Gasteiger partial charge in [0.1, 0.15) is 11.6 Å². The van der Waals surface area contributed by atoms with E-state index in [-0.39, 0.29) is 0 Å². The van der Waals surface area contributed by atoms with Crippen LogP contribution in [0.4, 0.5) is 0 Å². The highest BCUT2D eigenvalue weighted by Gasteiger charge is 2.22. The van der Waals surface area contributed by atoms with Crippen molar-refractivity contribution >= 4 is 0 Å². The number of benzene rings is 2. The highest BCUT2D eigenvalue weighted by atomic mass is 15.0. The molecule has 3 N–H and O–H groups in total. The van der Waals surface area contributed by atoms with Crippen LogP contribution in [0.3, 0.4) is 0 Å². The number of imidazole rings is 2. The fourth-order valence-corrected chi connectivity index (χ4v) is 5.40. The minimum absolute atomic E-state index is 0.365. The monoisotopic (exact) mass is 437 g/mol. The van der Waals surface area contributed by atoms with Crippen LogP contribution in [0.2, 0.25) is 0 Å². The van der Waals surface area contributed by atoms with E-state index in [9.17, 15) is 0 Å². The van der Waals surface area contributed by atoms with Gasteiger partial charge in [0.05, 0.1) is 23.6 Å². The second kappa shape index (κ2) is 8.64. The van der Waals surface area contributed by atoms with Gasteiger partial charge in [0.2, 0.25) is 0 Å². The molecule has 1 aliphatic carbocycles. The first-order valence-corrected chi connectivity index (χ1v) is 12.3. The zero-order valence-electron chi connectivity index (χ0n) is 19.2. The molecule has 0 spiro atoms. The van der Waals surface area contributed by atoms with Crippen molar-refractivity contribution in [1.82, 2.24) is 25.3 Å². The molecule has 2 aliphatic rings. The van der Waals surface area contributed by atoms with Crippen LogP contribution in [-0.2, 0) is 0 Å². The van der Waals surface area contributed by atoms with Crippen LogP contribution >= 0.6 is 0 Å². The quantitative estimate of drug-likeness (QED) is 0.333. The highest BCUT2D eigenvalue weighted by molar-refractivity contribution is 5.72. The Morgan fingerprint density at radius 1 is 0.727 bits per heavy atom. The summed E-state index contributed by atoms with van der Waals surface area (Å²) in [6.07, 6.45) is 9.50. The van der Waals surface area contributed by atoms with Gasteiger partial charge in [-0.1, -0.05) is 61.4 Å².